The van der Waals surface area contributed by atoms with E-state index in [0.29, 0.717) is 0 Å². The Balaban J connectivity index is 2.55. The van der Waals surface area contributed by atoms with Crippen LogP contribution in [0.4, 0.5) is 0 Å². The van der Waals surface area contributed by atoms with Gasteiger partial charge in [-0.3, -0.25) is 0 Å². The number of halogens is 1. The molecule has 0 aliphatic heterocycles. The van der Waals surface area contributed by atoms with Gasteiger partial charge in [-0.15, -0.1) is 0 Å². The van der Waals surface area contributed by atoms with E-state index >= 15 is 0 Å². The quantitative estimate of drug-likeness (QED) is 0.798. The maximum absolute atomic E-state index is 9.21. The van der Waals surface area contributed by atoms with Gasteiger partial charge < -0.3 is 4.74 Å². The summed E-state index contributed by atoms with van der Waals surface area (Å²) in [7, 11) is 1.62. The van der Waals surface area contributed by atoms with Crippen LogP contribution in [-0.4, -0.2) is 7.11 Å². The van der Waals surface area contributed by atoms with E-state index in [0.717, 1.165) is 34.2 Å². The zero-order valence-corrected chi connectivity index (χ0v) is 11.0. The van der Waals surface area contributed by atoms with E-state index < -0.39 is 0 Å². The molecule has 0 bridgehead atoms. The number of fused-ring (bicyclic) bond motifs is 1. The summed E-state index contributed by atoms with van der Waals surface area (Å²) in [6, 6.07) is 8.21. The molecule has 0 radical (unpaired) electrons. The second kappa shape index (κ2) is 4.77. The van der Waals surface area contributed by atoms with Gasteiger partial charge >= 0.3 is 0 Å². The van der Waals surface area contributed by atoms with Crippen LogP contribution < -0.4 is 4.74 Å². The molecular formula is C13H11BrN2O. The lowest BCUT2D eigenvalue weighted by Crippen LogP contribution is -2.19. The standard InChI is InChI=1S/C13H11BrN2O/c1-17-12-5-4-9-10(13(12)14)3-2-8(6-15)11(9)7-16/h4-5,8,11H,2-3H2,1H3. The van der Waals surface area contributed by atoms with Crippen molar-refractivity contribution in [2.45, 2.75) is 18.8 Å². The number of rotatable bonds is 1. The topological polar surface area (TPSA) is 56.8 Å². The highest BCUT2D eigenvalue weighted by molar-refractivity contribution is 9.10. The SMILES string of the molecule is COc1ccc2c(c1Br)CCC(C#N)C2C#N. The third-order valence-electron chi connectivity index (χ3n) is 3.21. The number of nitriles is 2. The highest BCUT2D eigenvalue weighted by atomic mass is 79.9. The minimum Gasteiger partial charge on any atom is -0.496 e. The smallest absolute Gasteiger partial charge is 0.133 e. The Labute approximate surface area is 109 Å². The Morgan fingerprint density at radius 3 is 2.71 bits per heavy atom. The van der Waals surface area contributed by atoms with E-state index in [2.05, 4.69) is 28.1 Å². The lowest BCUT2D eigenvalue weighted by molar-refractivity contribution is 0.409. The molecule has 0 aromatic heterocycles. The molecule has 3 nitrogen and oxygen atoms in total. The van der Waals surface area contributed by atoms with Crippen molar-refractivity contribution in [3.05, 3.63) is 27.7 Å². The van der Waals surface area contributed by atoms with Gasteiger partial charge in [0.2, 0.25) is 0 Å². The molecule has 86 valence electrons. The van der Waals surface area contributed by atoms with Crippen LogP contribution in [0.5, 0.6) is 5.75 Å². The van der Waals surface area contributed by atoms with Gasteiger partial charge in [0.25, 0.3) is 0 Å². The van der Waals surface area contributed by atoms with Gasteiger partial charge in [-0.1, -0.05) is 6.07 Å². The number of hydrogen-bond donors (Lipinski definition) is 0. The predicted octanol–water partition coefficient (Wildman–Crippen LogP) is 3.15. The van der Waals surface area contributed by atoms with Crippen molar-refractivity contribution < 1.29 is 4.74 Å². The monoisotopic (exact) mass is 290 g/mol. The fourth-order valence-corrected chi connectivity index (χ4v) is 3.02. The molecule has 1 aromatic carbocycles. The molecular weight excluding hydrogens is 280 g/mol. The van der Waals surface area contributed by atoms with Crippen LogP contribution in [0.3, 0.4) is 0 Å². The van der Waals surface area contributed by atoms with Crippen molar-refractivity contribution in [3.8, 4) is 17.9 Å². The molecule has 2 rings (SSSR count). The van der Waals surface area contributed by atoms with E-state index in [9.17, 15) is 5.26 Å². The van der Waals surface area contributed by atoms with E-state index in [4.69, 9.17) is 10.00 Å². The molecule has 4 heteroatoms. The van der Waals surface area contributed by atoms with Crippen LogP contribution in [0.25, 0.3) is 0 Å². The fraction of sp³-hybridized carbons (Fsp3) is 0.385. The van der Waals surface area contributed by atoms with Crippen molar-refractivity contribution in [1.29, 1.82) is 10.5 Å². The molecule has 0 amide bonds. The molecule has 1 aliphatic carbocycles. The zero-order chi connectivity index (χ0) is 12.4. The number of benzene rings is 1. The van der Waals surface area contributed by atoms with E-state index in [1.165, 1.54) is 0 Å². The third-order valence-corrected chi connectivity index (χ3v) is 4.08. The molecule has 1 aliphatic rings. The highest BCUT2D eigenvalue weighted by Gasteiger charge is 2.31. The van der Waals surface area contributed by atoms with Gasteiger partial charge in [-0.2, -0.15) is 10.5 Å². The van der Waals surface area contributed by atoms with Crippen LogP contribution in [0.15, 0.2) is 16.6 Å². The first-order valence-electron chi connectivity index (χ1n) is 5.37. The lowest BCUT2D eigenvalue weighted by Gasteiger charge is -2.26. The summed E-state index contributed by atoms with van der Waals surface area (Å²) in [4.78, 5) is 0. The van der Waals surface area contributed by atoms with Crippen molar-refractivity contribution in [2.75, 3.05) is 7.11 Å². The van der Waals surface area contributed by atoms with Gasteiger partial charge in [0.05, 0.1) is 35.6 Å². The molecule has 1 aromatic rings. The minimum atomic E-state index is -0.328. The Morgan fingerprint density at radius 2 is 2.12 bits per heavy atom. The van der Waals surface area contributed by atoms with Crippen molar-refractivity contribution >= 4 is 15.9 Å². The average molecular weight is 291 g/mol. The predicted molar refractivity (Wildman–Crippen MR) is 66.5 cm³/mol. The molecule has 0 spiro atoms. The summed E-state index contributed by atoms with van der Waals surface area (Å²) >= 11 is 3.51. The first-order chi connectivity index (χ1) is 8.22. The molecule has 0 fully saturated rings. The summed E-state index contributed by atoms with van der Waals surface area (Å²) in [6.07, 6.45) is 1.54. The Kier molecular flexibility index (Phi) is 3.36. The molecule has 2 unspecified atom stereocenters. The number of hydrogen-bond acceptors (Lipinski definition) is 3. The Bertz CT molecular complexity index is 527. The Hall–Kier alpha value is -1.52. The molecule has 0 N–H and O–H groups in total. The first-order valence-corrected chi connectivity index (χ1v) is 6.16. The minimum absolute atomic E-state index is 0.201. The van der Waals surface area contributed by atoms with Gasteiger partial charge in [0.15, 0.2) is 0 Å². The van der Waals surface area contributed by atoms with Crippen LogP contribution in [0.2, 0.25) is 0 Å². The summed E-state index contributed by atoms with van der Waals surface area (Å²) in [5, 5.41) is 18.3. The van der Waals surface area contributed by atoms with Crippen molar-refractivity contribution in [1.82, 2.24) is 0 Å². The van der Waals surface area contributed by atoms with Gasteiger partial charge in [0, 0.05) is 0 Å². The molecule has 0 heterocycles. The zero-order valence-electron chi connectivity index (χ0n) is 9.40. The van der Waals surface area contributed by atoms with Crippen LogP contribution in [0, 0.1) is 28.6 Å². The average Bonchev–Trinajstić information content (AvgIpc) is 2.37. The summed E-state index contributed by atoms with van der Waals surface area (Å²) in [6.45, 7) is 0. The first kappa shape index (κ1) is 12.0. The van der Waals surface area contributed by atoms with Crippen molar-refractivity contribution in [2.24, 2.45) is 5.92 Å². The van der Waals surface area contributed by atoms with Gasteiger partial charge in [-0.25, -0.2) is 0 Å². The highest BCUT2D eigenvalue weighted by Crippen LogP contribution is 2.42. The summed E-state index contributed by atoms with van der Waals surface area (Å²) in [5.74, 6) is 0.245. The maximum Gasteiger partial charge on any atom is 0.133 e. The number of methoxy groups -OCH3 is 1. The van der Waals surface area contributed by atoms with E-state index in [1.54, 1.807) is 7.11 Å². The van der Waals surface area contributed by atoms with Gasteiger partial charge in [-0.05, 0) is 46.0 Å². The second-order valence-electron chi connectivity index (χ2n) is 4.03. The van der Waals surface area contributed by atoms with E-state index in [1.807, 2.05) is 12.1 Å². The van der Waals surface area contributed by atoms with Crippen molar-refractivity contribution in [3.63, 3.8) is 0 Å². The molecule has 0 saturated carbocycles. The second-order valence-corrected chi connectivity index (χ2v) is 4.82. The van der Waals surface area contributed by atoms with E-state index in [-0.39, 0.29) is 11.8 Å². The van der Waals surface area contributed by atoms with Crippen LogP contribution in [-0.2, 0) is 6.42 Å². The normalized spacial score (nSPS) is 22.1. The Morgan fingerprint density at radius 1 is 1.35 bits per heavy atom. The van der Waals surface area contributed by atoms with Gasteiger partial charge in [0.1, 0.15) is 5.75 Å². The largest absolute Gasteiger partial charge is 0.496 e. The van der Waals surface area contributed by atoms with Crippen LogP contribution in [0.1, 0.15) is 23.5 Å². The maximum atomic E-state index is 9.21. The molecule has 0 saturated heterocycles. The molecule has 17 heavy (non-hydrogen) atoms. The third kappa shape index (κ3) is 1.90. The summed E-state index contributed by atoms with van der Waals surface area (Å²) in [5.41, 5.74) is 2.06. The lowest BCUT2D eigenvalue weighted by atomic mass is 9.76. The number of ether oxygens (including phenoxy) is 1. The molecule has 2 atom stereocenters. The summed E-state index contributed by atoms with van der Waals surface area (Å²) < 4.78 is 6.15. The number of nitrogens with zero attached hydrogens (tertiary/aromatic N) is 2. The fourth-order valence-electron chi connectivity index (χ4n) is 2.30. The van der Waals surface area contributed by atoms with Crippen LogP contribution >= 0.6 is 15.9 Å².